The number of amides is 1. The molecule has 1 amide bonds. The van der Waals surface area contributed by atoms with E-state index in [4.69, 9.17) is 23.2 Å². The Morgan fingerprint density at radius 2 is 1.91 bits per heavy atom. The van der Waals surface area contributed by atoms with Crippen molar-refractivity contribution in [1.29, 1.82) is 0 Å². The molecule has 0 aliphatic heterocycles. The number of hydrogen-bond donors (Lipinski definition) is 1. The van der Waals surface area contributed by atoms with Crippen molar-refractivity contribution in [3.05, 3.63) is 68.6 Å². The Morgan fingerprint density at radius 1 is 1.09 bits per heavy atom. The van der Waals surface area contributed by atoms with Crippen LogP contribution >= 0.6 is 23.2 Å². The van der Waals surface area contributed by atoms with E-state index in [-0.39, 0.29) is 17.9 Å². The van der Waals surface area contributed by atoms with Crippen LogP contribution < -0.4 is 10.9 Å². The van der Waals surface area contributed by atoms with Crippen molar-refractivity contribution in [2.75, 3.05) is 6.54 Å². The van der Waals surface area contributed by atoms with E-state index in [2.05, 4.69) is 5.32 Å². The van der Waals surface area contributed by atoms with E-state index in [0.29, 0.717) is 23.1 Å². The molecule has 2 aromatic rings. The normalized spacial score (nSPS) is 10.5. The van der Waals surface area contributed by atoms with E-state index < -0.39 is 0 Å². The minimum absolute atomic E-state index is 0.00356. The fraction of sp³-hybridized carbons (Fsp3) is 0.294. The average molecular weight is 353 g/mol. The lowest BCUT2D eigenvalue weighted by atomic mass is 10.1. The molecule has 0 bridgehead atoms. The van der Waals surface area contributed by atoms with Crippen molar-refractivity contribution in [2.24, 2.45) is 0 Å². The van der Waals surface area contributed by atoms with Gasteiger partial charge >= 0.3 is 0 Å². The van der Waals surface area contributed by atoms with Crippen LogP contribution in [0.1, 0.15) is 18.4 Å². The number of benzene rings is 1. The van der Waals surface area contributed by atoms with E-state index in [1.165, 1.54) is 0 Å². The van der Waals surface area contributed by atoms with E-state index >= 15 is 0 Å². The molecule has 1 N–H and O–H groups in total. The highest BCUT2D eigenvalue weighted by molar-refractivity contribution is 6.42. The molecule has 0 fully saturated rings. The largest absolute Gasteiger partial charge is 0.356 e. The first kappa shape index (κ1) is 17.6. The Kier molecular flexibility index (Phi) is 6.68. The molecule has 0 saturated carbocycles. The summed E-state index contributed by atoms with van der Waals surface area (Å²) >= 11 is 11.8. The number of hydrogen-bond acceptors (Lipinski definition) is 2. The molecule has 0 spiro atoms. The van der Waals surface area contributed by atoms with Gasteiger partial charge in [-0.25, -0.2) is 0 Å². The third-order valence-corrected chi connectivity index (χ3v) is 4.13. The van der Waals surface area contributed by atoms with Gasteiger partial charge in [0.15, 0.2) is 0 Å². The molecule has 23 heavy (non-hydrogen) atoms. The Balaban J connectivity index is 1.68. The summed E-state index contributed by atoms with van der Waals surface area (Å²) in [7, 11) is 0. The van der Waals surface area contributed by atoms with Crippen molar-refractivity contribution in [3.63, 3.8) is 0 Å². The highest BCUT2D eigenvalue weighted by atomic mass is 35.5. The Bertz CT molecular complexity index is 729. The van der Waals surface area contributed by atoms with Gasteiger partial charge in [-0.05, 0) is 36.6 Å². The molecular formula is C17H18Cl2N2O2. The van der Waals surface area contributed by atoms with Gasteiger partial charge in [0.05, 0.1) is 16.5 Å². The van der Waals surface area contributed by atoms with E-state index in [0.717, 1.165) is 18.4 Å². The van der Waals surface area contributed by atoms with E-state index in [1.807, 2.05) is 6.07 Å². The summed E-state index contributed by atoms with van der Waals surface area (Å²) < 4.78 is 1.66. The summed E-state index contributed by atoms with van der Waals surface area (Å²) in [6.07, 6.45) is 3.69. The predicted molar refractivity (Wildman–Crippen MR) is 93.1 cm³/mol. The van der Waals surface area contributed by atoms with Crippen molar-refractivity contribution in [2.45, 2.75) is 25.8 Å². The predicted octanol–water partition coefficient (Wildman–Crippen LogP) is 3.29. The number of carbonyl (C=O) groups is 1. The standard InChI is InChI=1S/C17H18Cl2N2O2/c18-14-7-6-13(11-15(14)19)12-16(22)20-8-2-4-10-21-9-3-1-5-17(21)23/h1,3,5-7,9,11H,2,4,8,10,12H2,(H,20,22). The molecule has 1 aromatic heterocycles. The first-order valence-corrected chi connectivity index (χ1v) is 8.18. The van der Waals surface area contributed by atoms with Crippen LogP contribution in [0.5, 0.6) is 0 Å². The van der Waals surface area contributed by atoms with Crippen molar-refractivity contribution in [3.8, 4) is 0 Å². The van der Waals surface area contributed by atoms with Gasteiger partial charge in [0.1, 0.15) is 0 Å². The van der Waals surface area contributed by atoms with Crippen LogP contribution in [0.3, 0.4) is 0 Å². The van der Waals surface area contributed by atoms with Gasteiger partial charge in [-0.2, -0.15) is 0 Å². The van der Waals surface area contributed by atoms with Crippen LogP contribution in [0.2, 0.25) is 10.0 Å². The minimum atomic E-state index is -0.0553. The van der Waals surface area contributed by atoms with Crippen LogP contribution in [0.4, 0.5) is 0 Å². The maximum absolute atomic E-state index is 11.9. The molecule has 0 aliphatic carbocycles. The lowest BCUT2D eigenvalue weighted by Gasteiger charge is -2.07. The number of aromatic nitrogens is 1. The summed E-state index contributed by atoms with van der Waals surface area (Å²) in [5.41, 5.74) is 0.823. The number of carbonyl (C=O) groups excluding carboxylic acids is 1. The van der Waals surface area contributed by atoms with Crippen LogP contribution in [0.15, 0.2) is 47.4 Å². The smallest absolute Gasteiger partial charge is 0.250 e. The van der Waals surface area contributed by atoms with E-state index in [9.17, 15) is 9.59 Å². The topological polar surface area (TPSA) is 51.1 Å². The average Bonchev–Trinajstić information content (AvgIpc) is 2.52. The number of unbranched alkanes of at least 4 members (excludes halogenated alkanes) is 1. The van der Waals surface area contributed by atoms with Gasteiger partial charge in [0.2, 0.25) is 11.5 Å². The molecule has 4 nitrogen and oxygen atoms in total. The summed E-state index contributed by atoms with van der Waals surface area (Å²) in [6.45, 7) is 1.24. The van der Waals surface area contributed by atoms with Crippen LogP contribution in [-0.4, -0.2) is 17.0 Å². The molecule has 0 atom stereocenters. The molecule has 0 saturated heterocycles. The molecular weight excluding hydrogens is 335 g/mol. The molecule has 2 rings (SSSR count). The molecule has 1 aromatic carbocycles. The Labute approximate surface area is 145 Å². The molecule has 6 heteroatoms. The van der Waals surface area contributed by atoms with Gasteiger partial charge in [-0.3, -0.25) is 9.59 Å². The lowest BCUT2D eigenvalue weighted by Crippen LogP contribution is -2.26. The number of aryl methyl sites for hydroxylation is 1. The monoisotopic (exact) mass is 352 g/mol. The first-order chi connectivity index (χ1) is 11.1. The first-order valence-electron chi connectivity index (χ1n) is 7.42. The second-order valence-electron chi connectivity index (χ2n) is 5.21. The number of nitrogens with zero attached hydrogens (tertiary/aromatic N) is 1. The zero-order valence-corrected chi connectivity index (χ0v) is 14.1. The summed E-state index contributed by atoms with van der Waals surface area (Å²) in [6, 6.07) is 10.3. The number of halogens is 2. The summed E-state index contributed by atoms with van der Waals surface area (Å²) in [4.78, 5) is 23.4. The van der Waals surface area contributed by atoms with Crippen LogP contribution in [0.25, 0.3) is 0 Å². The van der Waals surface area contributed by atoms with Gasteiger partial charge < -0.3 is 9.88 Å². The van der Waals surface area contributed by atoms with E-state index in [1.54, 1.807) is 41.1 Å². The fourth-order valence-electron chi connectivity index (χ4n) is 2.18. The fourth-order valence-corrected chi connectivity index (χ4v) is 2.50. The Hall–Kier alpha value is -1.78. The number of nitrogens with one attached hydrogen (secondary N) is 1. The maximum atomic E-state index is 11.9. The third-order valence-electron chi connectivity index (χ3n) is 3.40. The molecule has 1 heterocycles. The summed E-state index contributed by atoms with van der Waals surface area (Å²) in [5.74, 6) is -0.0553. The number of rotatable bonds is 7. The third kappa shape index (κ3) is 5.73. The second kappa shape index (κ2) is 8.75. The van der Waals surface area contributed by atoms with Crippen LogP contribution in [0, 0.1) is 0 Å². The molecule has 122 valence electrons. The molecule has 0 radical (unpaired) electrons. The zero-order valence-electron chi connectivity index (χ0n) is 12.6. The SMILES string of the molecule is O=C(Cc1ccc(Cl)c(Cl)c1)NCCCCn1ccccc1=O. The Morgan fingerprint density at radius 3 is 2.65 bits per heavy atom. The molecule has 0 aliphatic rings. The minimum Gasteiger partial charge on any atom is -0.356 e. The highest BCUT2D eigenvalue weighted by Gasteiger charge is 2.05. The summed E-state index contributed by atoms with van der Waals surface area (Å²) in [5, 5.41) is 3.79. The second-order valence-corrected chi connectivity index (χ2v) is 6.03. The zero-order chi connectivity index (χ0) is 16.7. The highest BCUT2D eigenvalue weighted by Crippen LogP contribution is 2.22. The van der Waals surface area contributed by atoms with Crippen molar-refractivity contribution < 1.29 is 4.79 Å². The van der Waals surface area contributed by atoms with Gasteiger partial charge in [-0.15, -0.1) is 0 Å². The van der Waals surface area contributed by atoms with Crippen molar-refractivity contribution in [1.82, 2.24) is 9.88 Å². The van der Waals surface area contributed by atoms with Crippen molar-refractivity contribution >= 4 is 29.1 Å². The quantitative estimate of drug-likeness (QED) is 0.777. The lowest BCUT2D eigenvalue weighted by molar-refractivity contribution is -0.120. The number of pyridine rings is 1. The van der Waals surface area contributed by atoms with Crippen LogP contribution in [-0.2, 0) is 17.8 Å². The van der Waals surface area contributed by atoms with Gasteiger partial charge in [0.25, 0.3) is 0 Å². The van der Waals surface area contributed by atoms with Gasteiger partial charge in [0, 0.05) is 25.4 Å². The maximum Gasteiger partial charge on any atom is 0.250 e. The van der Waals surface area contributed by atoms with Gasteiger partial charge in [-0.1, -0.05) is 35.3 Å². The molecule has 0 unspecified atom stereocenters.